The number of nitrogens with zero attached hydrogens (tertiary/aromatic N) is 2. The van der Waals surface area contributed by atoms with Gasteiger partial charge in [0.15, 0.2) is 5.60 Å². The fourth-order valence-electron chi connectivity index (χ4n) is 7.46. The van der Waals surface area contributed by atoms with E-state index in [1.807, 2.05) is 75.1 Å². The van der Waals surface area contributed by atoms with Gasteiger partial charge in [0.2, 0.25) is 5.91 Å². The molecule has 2 amide bonds. The van der Waals surface area contributed by atoms with Crippen molar-refractivity contribution in [2.75, 3.05) is 25.2 Å². The highest BCUT2D eigenvalue weighted by Crippen LogP contribution is 2.61. The summed E-state index contributed by atoms with van der Waals surface area (Å²) >= 11 is 0. The van der Waals surface area contributed by atoms with Gasteiger partial charge in [0.25, 0.3) is 5.91 Å². The van der Waals surface area contributed by atoms with E-state index in [-0.39, 0.29) is 31.4 Å². The number of allylic oxidation sites excluding steroid dienone is 1. The Balaban J connectivity index is 1.58. The van der Waals surface area contributed by atoms with Gasteiger partial charge in [-0.15, -0.1) is 0 Å². The number of methoxy groups -OCH3 is 1. The highest BCUT2D eigenvalue weighted by atomic mass is 16.5. The number of benzene rings is 2. The Labute approximate surface area is 242 Å². The van der Waals surface area contributed by atoms with E-state index in [0.717, 1.165) is 22.4 Å². The Hall–Kier alpha value is -3.20. The summed E-state index contributed by atoms with van der Waals surface area (Å²) in [5.41, 5.74) is 1.18. The molecule has 0 radical (unpaired) electrons. The van der Waals surface area contributed by atoms with Gasteiger partial charge in [0.1, 0.15) is 5.75 Å². The molecule has 5 rings (SSSR count). The van der Waals surface area contributed by atoms with Crippen molar-refractivity contribution in [3.05, 3.63) is 65.2 Å². The number of hydrogen-bond acceptors (Lipinski definition) is 6. The molecular weight excluding hydrogens is 520 g/mol. The van der Waals surface area contributed by atoms with Gasteiger partial charge in [0, 0.05) is 36.1 Å². The monoisotopic (exact) mass is 562 g/mol. The number of hydrogen-bond donors (Lipinski definition) is 2. The van der Waals surface area contributed by atoms with Crippen molar-refractivity contribution < 1.29 is 29.3 Å². The zero-order valence-electron chi connectivity index (χ0n) is 25.1. The number of amides is 2. The molecule has 2 aromatic rings. The summed E-state index contributed by atoms with van der Waals surface area (Å²) < 4.78 is 12.5. The van der Waals surface area contributed by atoms with Crippen LogP contribution >= 0.6 is 0 Å². The summed E-state index contributed by atoms with van der Waals surface area (Å²) in [7, 11) is 1.60. The Bertz CT molecular complexity index is 1380. The van der Waals surface area contributed by atoms with E-state index in [1.165, 1.54) is 0 Å². The summed E-state index contributed by atoms with van der Waals surface area (Å²) in [4.78, 5) is 31.8. The van der Waals surface area contributed by atoms with Crippen LogP contribution in [-0.2, 0) is 26.5 Å². The number of carbonyl (C=O) groups is 2. The van der Waals surface area contributed by atoms with E-state index >= 15 is 0 Å². The molecule has 0 saturated carbocycles. The molecule has 0 aliphatic carbocycles. The lowest BCUT2D eigenvalue weighted by molar-refractivity contribution is -0.151. The molecule has 1 spiro atoms. The lowest BCUT2D eigenvalue weighted by Crippen LogP contribution is -2.53. The van der Waals surface area contributed by atoms with Crippen LogP contribution < -0.4 is 9.64 Å². The molecule has 2 N–H and O–H groups in total. The molecular formula is C33H42N2O6. The molecule has 220 valence electrons. The largest absolute Gasteiger partial charge is 0.497 e. The molecule has 0 aromatic heterocycles. The molecule has 1 fully saturated rings. The van der Waals surface area contributed by atoms with Crippen LogP contribution in [0.1, 0.15) is 64.7 Å². The van der Waals surface area contributed by atoms with Crippen molar-refractivity contribution in [1.29, 1.82) is 0 Å². The number of aliphatic hydroxyl groups excluding tert-OH is 1. The van der Waals surface area contributed by atoms with Gasteiger partial charge in [-0.05, 0) is 57.9 Å². The van der Waals surface area contributed by atoms with Crippen LogP contribution in [-0.4, -0.2) is 64.4 Å². The number of ether oxygens (including phenoxy) is 2. The molecule has 0 bridgehead atoms. The van der Waals surface area contributed by atoms with Crippen LogP contribution in [0.25, 0.3) is 5.57 Å². The van der Waals surface area contributed by atoms with E-state index in [2.05, 4.69) is 6.08 Å². The van der Waals surface area contributed by atoms with E-state index in [1.54, 1.807) is 25.9 Å². The molecule has 1 saturated heterocycles. The third-order valence-corrected chi connectivity index (χ3v) is 9.08. The molecule has 3 heterocycles. The Kier molecular flexibility index (Phi) is 7.33. The molecule has 3 aliphatic heterocycles. The summed E-state index contributed by atoms with van der Waals surface area (Å²) in [6, 6.07) is 13.4. The highest BCUT2D eigenvalue weighted by molar-refractivity contribution is 6.12. The molecule has 4 atom stereocenters. The number of rotatable bonds is 8. The minimum Gasteiger partial charge on any atom is -0.497 e. The second kappa shape index (κ2) is 10.3. The van der Waals surface area contributed by atoms with Gasteiger partial charge in [-0.2, -0.15) is 0 Å². The first-order valence-corrected chi connectivity index (χ1v) is 14.4. The molecule has 41 heavy (non-hydrogen) atoms. The zero-order chi connectivity index (χ0) is 29.9. The summed E-state index contributed by atoms with van der Waals surface area (Å²) in [6.07, 6.45) is 1.31. The molecule has 0 unspecified atom stereocenters. The zero-order valence-corrected chi connectivity index (χ0v) is 25.1. The molecule has 8 heteroatoms. The quantitative estimate of drug-likeness (QED) is 0.499. The van der Waals surface area contributed by atoms with Crippen LogP contribution in [0.3, 0.4) is 0 Å². The average Bonchev–Trinajstić information content (AvgIpc) is 3.34. The van der Waals surface area contributed by atoms with Gasteiger partial charge in [0.05, 0.1) is 43.1 Å². The maximum Gasteiger partial charge on any atom is 0.265 e. The first-order chi connectivity index (χ1) is 19.3. The van der Waals surface area contributed by atoms with Crippen molar-refractivity contribution >= 4 is 23.1 Å². The van der Waals surface area contributed by atoms with E-state index < -0.39 is 34.7 Å². The average molecular weight is 563 g/mol. The number of fused-ring (bicyclic) bond motifs is 1. The third kappa shape index (κ3) is 4.66. The van der Waals surface area contributed by atoms with Crippen molar-refractivity contribution in [2.24, 2.45) is 11.8 Å². The number of carbonyl (C=O) groups excluding carboxylic acids is 2. The normalized spacial score (nSPS) is 26.3. The van der Waals surface area contributed by atoms with Crippen molar-refractivity contribution in [2.45, 2.75) is 77.4 Å². The maximum atomic E-state index is 14.6. The van der Waals surface area contributed by atoms with Crippen LogP contribution in [0, 0.1) is 11.8 Å². The smallest absolute Gasteiger partial charge is 0.265 e. The highest BCUT2D eigenvalue weighted by Gasteiger charge is 2.68. The lowest BCUT2D eigenvalue weighted by Gasteiger charge is -2.39. The van der Waals surface area contributed by atoms with Crippen LogP contribution in [0.5, 0.6) is 5.75 Å². The predicted molar refractivity (Wildman–Crippen MR) is 157 cm³/mol. The van der Waals surface area contributed by atoms with E-state index in [9.17, 15) is 19.8 Å². The van der Waals surface area contributed by atoms with Crippen LogP contribution in [0.4, 0.5) is 5.69 Å². The van der Waals surface area contributed by atoms with E-state index in [4.69, 9.17) is 9.47 Å². The topological polar surface area (TPSA) is 99.5 Å². The van der Waals surface area contributed by atoms with Gasteiger partial charge < -0.3 is 24.6 Å². The fraction of sp³-hybridized carbons (Fsp3) is 0.515. The first-order valence-electron chi connectivity index (χ1n) is 14.4. The fourth-order valence-corrected chi connectivity index (χ4v) is 7.46. The minimum atomic E-state index is -1.40. The standard InChI is InChI=1S/C33H42N2O6/c1-20-18-31(3,4)35-29-24(20)15-23(40-7)16-25(29)33(30(35)38)21(2)28(32(5,6)39)26(41-33)17-27(37)34(13-14-36)19-22-11-9-8-10-12-22/h8-12,15-16,18,21,26,28,36,39H,13-14,17,19H2,1-7H3/t21-,26+,28-,33+/m0/s1. The van der Waals surface area contributed by atoms with Gasteiger partial charge >= 0.3 is 0 Å². The Morgan fingerprint density at radius 3 is 2.49 bits per heavy atom. The van der Waals surface area contributed by atoms with Crippen molar-refractivity contribution in [3.63, 3.8) is 0 Å². The van der Waals surface area contributed by atoms with Gasteiger partial charge in [-0.25, -0.2) is 0 Å². The number of anilines is 1. The summed E-state index contributed by atoms with van der Waals surface area (Å²) in [5.74, 6) is -0.756. The maximum absolute atomic E-state index is 14.6. The predicted octanol–water partition coefficient (Wildman–Crippen LogP) is 4.27. The Morgan fingerprint density at radius 2 is 1.88 bits per heavy atom. The second-order valence-corrected chi connectivity index (χ2v) is 12.8. The number of aliphatic hydroxyl groups is 2. The summed E-state index contributed by atoms with van der Waals surface area (Å²) in [6.45, 7) is 11.8. The van der Waals surface area contributed by atoms with Crippen molar-refractivity contribution in [3.8, 4) is 5.75 Å². The third-order valence-electron chi connectivity index (χ3n) is 9.08. The van der Waals surface area contributed by atoms with Crippen LogP contribution in [0.2, 0.25) is 0 Å². The summed E-state index contributed by atoms with van der Waals surface area (Å²) in [5, 5.41) is 21.2. The molecule has 8 nitrogen and oxygen atoms in total. The minimum absolute atomic E-state index is 0.0340. The van der Waals surface area contributed by atoms with Crippen LogP contribution in [0.15, 0.2) is 48.5 Å². The second-order valence-electron chi connectivity index (χ2n) is 12.8. The van der Waals surface area contributed by atoms with Gasteiger partial charge in [-0.3, -0.25) is 14.5 Å². The first kappa shape index (κ1) is 29.3. The Morgan fingerprint density at radius 1 is 1.20 bits per heavy atom. The van der Waals surface area contributed by atoms with Gasteiger partial charge in [-0.1, -0.05) is 43.3 Å². The van der Waals surface area contributed by atoms with E-state index in [0.29, 0.717) is 17.9 Å². The lowest BCUT2D eigenvalue weighted by atomic mass is 9.70. The molecule has 3 aliphatic rings. The van der Waals surface area contributed by atoms with Crippen molar-refractivity contribution in [1.82, 2.24) is 4.90 Å². The SMILES string of the molecule is COc1cc2c3c(c1)[C@@]1(O[C@H](CC(=O)N(CCO)Cc4ccccc4)[C@@H](C(C)(C)O)[C@@H]1C)C(=O)N3C(C)(C)C=C2C. The molecule has 2 aromatic carbocycles.